The fourth-order valence-corrected chi connectivity index (χ4v) is 1.18. The van der Waals surface area contributed by atoms with Gasteiger partial charge in [-0.3, -0.25) is 9.59 Å². The molecule has 1 aromatic heterocycles. The first kappa shape index (κ1) is 12.4. The monoisotopic (exact) mass is 224 g/mol. The topological polar surface area (TPSA) is 83.0 Å². The summed E-state index contributed by atoms with van der Waals surface area (Å²) in [5.74, 6) is -1.62. The second-order valence-corrected chi connectivity index (χ2v) is 4.83. The molecule has 5 nitrogen and oxygen atoms in total. The third-order valence-corrected chi connectivity index (χ3v) is 2.31. The third kappa shape index (κ3) is 2.68. The van der Waals surface area contributed by atoms with E-state index in [1.165, 1.54) is 13.0 Å². The molecule has 2 N–H and O–H groups in total. The highest BCUT2D eigenvalue weighted by molar-refractivity contribution is 5.74. The highest BCUT2D eigenvalue weighted by atomic mass is 16.4. The first-order valence-electron chi connectivity index (χ1n) is 5.06. The minimum atomic E-state index is -1.01. The molecule has 5 heteroatoms. The Balaban J connectivity index is 3.29. The zero-order chi connectivity index (χ0) is 12.5. The molecule has 0 amide bonds. The summed E-state index contributed by atoms with van der Waals surface area (Å²) in [6.07, 6.45) is 0. The van der Waals surface area contributed by atoms with Crippen molar-refractivity contribution in [3.05, 3.63) is 27.9 Å². The summed E-state index contributed by atoms with van der Waals surface area (Å²) in [6, 6.07) is 1.40. The van der Waals surface area contributed by atoms with Crippen molar-refractivity contribution < 1.29 is 9.90 Å². The summed E-state index contributed by atoms with van der Waals surface area (Å²) in [4.78, 5) is 28.8. The molecule has 1 atom stereocenters. The number of nitrogens with zero attached hydrogens (tertiary/aromatic N) is 1. The number of hydrogen-bond acceptors (Lipinski definition) is 3. The minimum absolute atomic E-state index is 0.199. The fraction of sp³-hybridized carbons (Fsp3) is 0.545. The van der Waals surface area contributed by atoms with Crippen LogP contribution in [0.25, 0.3) is 0 Å². The molecule has 0 saturated carbocycles. The lowest BCUT2D eigenvalue weighted by atomic mass is 9.92. The number of H-pyrrole nitrogens is 1. The van der Waals surface area contributed by atoms with Gasteiger partial charge in [0.1, 0.15) is 11.7 Å². The van der Waals surface area contributed by atoms with Crippen LogP contribution in [-0.2, 0) is 10.2 Å². The van der Waals surface area contributed by atoms with E-state index in [9.17, 15) is 9.59 Å². The van der Waals surface area contributed by atoms with Crippen LogP contribution in [0.15, 0.2) is 10.9 Å². The average Bonchev–Trinajstić information content (AvgIpc) is 2.14. The summed E-state index contributed by atoms with van der Waals surface area (Å²) in [5, 5.41) is 8.86. The highest BCUT2D eigenvalue weighted by Crippen LogP contribution is 2.19. The van der Waals surface area contributed by atoms with Gasteiger partial charge in [0.25, 0.3) is 5.56 Å². The second-order valence-electron chi connectivity index (χ2n) is 4.83. The van der Waals surface area contributed by atoms with Crippen LogP contribution in [0.3, 0.4) is 0 Å². The van der Waals surface area contributed by atoms with Crippen molar-refractivity contribution in [3.63, 3.8) is 0 Å². The molecule has 0 aromatic carbocycles. The first-order valence-corrected chi connectivity index (χ1v) is 5.06. The van der Waals surface area contributed by atoms with E-state index in [0.29, 0.717) is 5.69 Å². The molecule has 0 saturated heterocycles. The van der Waals surface area contributed by atoms with Gasteiger partial charge in [-0.2, -0.15) is 0 Å². The molecule has 0 aliphatic carbocycles. The SMILES string of the molecule is CC(C(=O)O)c1nc(C(C)(C)C)cc(=O)[nH]1. The number of aromatic nitrogens is 2. The molecular weight excluding hydrogens is 208 g/mol. The van der Waals surface area contributed by atoms with Crippen LogP contribution in [0.5, 0.6) is 0 Å². The molecule has 1 heterocycles. The smallest absolute Gasteiger partial charge is 0.313 e. The lowest BCUT2D eigenvalue weighted by molar-refractivity contribution is -0.138. The Morgan fingerprint density at radius 2 is 2.06 bits per heavy atom. The van der Waals surface area contributed by atoms with Crippen molar-refractivity contribution >= 4 is 5.97 Å². The van der Waals surface area contributed by atoms with Crippen molar-refractivity contribution in [3.8, 4) is 0 Å². The summed E-state index contributed by atoms with van der Waals surface area (Å²) >= 11 is 0. The molecule has 0 bridgehead atoms. The zero-order valence-corrected chi connectivity index (χ0v) is 9.87. The van der Waals surface area contributed by atoms with Gasteiger partial charge in [0.2, 0.25) is 0 Å². The van der Waals surface area contributed by atoms with Crippen LogP contribution in [0.4, 0.5) is 0 Å². The van der Waals surface area contributed by atoms with Gasteiger partial charge in [-0.15, -0.1) is 0 Å². The normalized spacial score (nSPS) is 13.5. The molecule has 88 valence electrons. The Morgan fingerprint density at radius 1 is 1.50 bits per heavy atom. The zero-order valence-electron chi connectivity index (χ0n) is 9.87. The molecule has 0 radical (unpaired) electrons. The van der Waals surface area contributed by atoms with Crippen LogP contribution >= 0.6 is 0 Å². The summed E-state index contributed by atoms with van der Waals surface area (Å²) in [6.45, 7) is 7.25. The molecule has 0 fully saturated rings. The number of carboxylic acid groups (broad SMARTS) is 1. The van der Waals surface area contributed by atoms with E-state index < -0.39 is 11.9 Å². The van der Waals surface area contributed by atoms with Crippen molar-refractivity contribution in [2.45, 2.75) is 39.0 Å². The van der Waals surface area contributed by atoms with Gasteiger partial charge < -0.3 is 10.1 Å². The minimum Gasteiger partial charge on any atom is -0.481 e. The van der Waals surface area contributed by atoms with E-state index >= 15 is 0 Å². The van der Waals surface area contributed by atoms with Crippen LogP contribution in [0.2, 0.25) is 0 Å². The molecule has 1 rings (SSSR count). The lowest BCUT2D eigenvalue weighted by Gasteiger charge is -2.18. The third-order valence-electron chi connectivity index (χ3n) is 2.31. The van der Waals surface area contributed by atoms with Crippen LogP contribution in [0.1, 0.15) is 45.1 Å². The summed E-state index contributed by atoms with van der Waals surface area (Å²) < 4.78 is 0. The molecule has 16 heavy (non-hydrogen) atoms. The number of aliphatic carboxylic acids is 1. The Bertz CT molecular complexity index is 457. The maximum Gasteiger partial charge on any atom is 0.313 e. The molecule has 0 spiro atoms. The van der Waals surface area contributed by atoms with Crippen molar-refractivity contribution in [2.24, 2.45) is 0 Å². The summed E-state index contributed by atoms with van der Waals surface area (Å²) in [7, 11) is 0. The van der Waals surface area contributed by atoms with Crippen molar-refractivity contribution in [2.75, 3.05) is 0 Å². The number of nitrogens with one attached hydrogen (secondary N) is 1. The maximum absolute atomic E-state index is 11.4. The second kappa shape index (κ2) is 4.08. The summed E-state index contributed by atoms with van der Waals surface area (Å²) in [5.41, 5.74) is 0.00342. The first-order chi connectivity index (χ1) is 7.21. The van der Waals surface area contributed by atoms with E-state index in [4.69, 9.17) is 5.11 Å². The Morgan fingerprint density at radius 3 is 2.50 bits per heavy atom. The van der Waals surface area contributed by atoms with E-state index in [1.807, 2.05) is 20.8 Å². The Kier molecular flexibility index (Phi) is 3.16. The van der Waals surface area contributed by atoms with Crippen molar-refractivity contribution in [1.29, 1.82) is 0 Å². The molecule has 0 aliphatic rings. The molecule has 1 unspecified atom stereocenters. The largest absolute Gasteiger partial charge is 0.481 e. The number of carbonyl (C=O) groups is 1. The van der Waals surface area contributed by atoms with E-state index in [-0.39, 0.29) is 16.8 Å². The van der Waals surface area contributed by atoms with E-state index in [0.717, 1.165) is 0 Å². The number of aromatic amines is 1. The van der Waals surface area contributed by atoms with Gasteiger partial charge in [-0.25, -0.2) is 4.98 Å². The van der Waals surface area contributed by atoms with Gasteiger partial charge in [-0.05, 0) is 6.92 Å². The standard InChI is InChI=1S/C11H16N2O3/c1-6(10(15)16)9-12-7(11(2,3)4)5-8(14)13-9/h5-6H,1-4H3,(H,15,16)(H,12,13,14). The fourth-order valence-electron chi connectivity index (χ4n) is 1.18. The maximum atomic E-state index is 11.4. The van der Waals surface area contributed by atoms with Crippen LogP contribution in [0, 0.1) is 0 Å². The quantitative estimate of drug-likeness (QED) is 0.792. The van der Waals surface area contributed by atoms with Gasteiger partial charge in [0.05, 0.1) is 5.69 Å². The molecule has 0 aliphatic heterocycles. The number of hydrogen-bond donors (Lipinski definition) is 2. The van der Waals surface area contributed by atoms with E-state index in [2.05, 4.69) is 9.97 Å². The van der Waals surface area contributed by atoms with Gasteiger partial charge in [0, 0.05) is 11.5 Å². The molecule has 1 aromatic rings. The van der Waals surface area contributed by atoms with Gasteiger partial charge >= 0.3 is 5.97 Å². The van der Waals surface area contributed by atoms with Crippen LogP contribution < -0.4 is 5.56 Å². The Hall–Kier alpha value is -1.65. The number of carboxylic acids is 1. The van der Waals surface area contributed by atoms with Crippen molar-refractivity contribution in [1.82, 2.24) is 9.97 Å². The van der Waals surface area contributed by atoms with Gasteiger partial charge in [0.15, 0.2) is 0 Å². The van der Waals surface area contributed by atoms with Crippen LogP contribution in [-0.4, -0.2) is 21.0 Å². The lowest BCUT2D eigenvalue weighted by Crippen LogP contribution is -2.23. The Labute approximate surface area is 93.5 Å². The number of rotatable bonds is 2. The van der Waals surface area contributed by atoms with E-state index in [1.54, 1.807) is 0 Å². The highest BCUT2D eigenvalue weighted by Gasteiger charge is 2.21. The van der Waals surface area contributed by atoms with Gasteiger partial charge in [-0.1, -0.05) is 20.8 Å². The predicted molar refractivity (Wildman–Crippen MR) is 59.6 cm³/mol. The molecular formula is C11H16N2O3. The predicted octanol–water partition coefficient (Wildman–Crippen LogP) is 1.26. The average molecular weight is 224 g/mol.